The fourth-order valence-electron chi connectivity index (χ4n) is 1.08. The summed E-state index contributed by atoms with van der Waals surface area (Å²) in [5.74, 6) is 0. The first kappa shape index (κ1) is 8.48. The van der Waals surface area contributed by atoms with Crippen molar-refractivity contribution in [1.82, 2.24) is 4.98 Å². The van der Waals surface area contributed by atoms with Crippen LogP contribution >= 0.6 is 38.9 Å². The van der Waals surface area contributed by atoms with Crippen molar-refractivity contribution in [3.63, 3.8) is 0 Å². The van der Waals surface area contributed by atoms with Crippen molar-refractivity contribution < 1.29 is 0 Å². The molecule has 0 amide bonds. The minimum atomic E-state index is 0.593. The predicted molar refractivity (Wildman–Crippen MR) is 57.3 cm³/mol. The van der Waals surface area contributed by atoms with Gasteiger partial charge in [-0.1, -0.05) is 27.5 Å². The van der Waals surface area contributed by atoms with Crippen LogP contribution in [0.3, 0.4) is 0 Å². The molecule has 0 unspecified atom stereocenters. The summed E-state index contributed by atoms with van der Waals surface area (Å²) in [6, 6.07) is 2.00. The van der Waals surface area contributed by atoms with E-state index >= 15 is 0 Å². The number of pyridine rings is 1. The van der Waals surface area contributed by atoms with Crippen LogP contribution < -0.4 is 0 Å². The van der Waals surface area contributed by atoms with E-state index in [0.29, 0.717) is 5.15 Å². The smallest absolute Gasteiger partial charge is 0.137 e. The summed E-state index contributed by atoms with van der Waals surface area (Å²) in [5.41, 5.74) is 1.20. The third-order valence-electron chi connectivity index (χ3n) is 1.66. The maximum atomic E-state index is 5.91. The number of aromatic nitrogens is 1. The molecule has 2 aromatic rings. The van der Waals surface area contributed by atoms with E-state index in [2.05, 4.69) is 20.9 Å². The van der Waals surface area contributed by atoms with Gasteiger partial charge in [-0.2, -0.15) is 0 Å². The zero-order valence-corrected chi connectivity index (χ0v) is 9.21. The molecule has 0 saturated heterocycles. The van der Waals surface area contributed by atoms with E-state index in [9.17, 15) is 0 Å². The fourth-order valence-corrected chi connectivity index (χ4v) is 2.86. The molecule has 0 aromatic carbocycles. The third-order valence-corrected chi connectivity index (χ3v) is 3.55. The van der Waals surface area contributed by atoms with Gasteiger partial charge in [0.25, 0.3) is 0 Å². The Morgan fingerprint density at radius 3 is 3.17 bits per heavy atom. The quantitative estimate of drug-likeness (QED) is 0.562. The molecule has 0 fully saturated rings. The van der Waals surface area contributed by atoms with E-state index in [4.69, 9.17) is 11.6 Å². The Morgan fingerprint density at radius 1 is 1.58 bits per heavy atom. The van der Waals surface area contributed by atoms with Crippen LogP contribution in [-0.2, 0) is 5.33 Å². The van der Waals surface area contributed by atoms with Gasteiger partial charge in [0.1, 0.15) is 5.15 Å². The molecule has 2 heterocycles. The second-order valence-electron chi connectivity index (χ2n) is 2.37. The van der Waals surface area contributed by atoms with E-state index in [1.807, 2.05) is 17.6 Å². The normalized spacial score (nSPS) is 10.8. The van der Waals surface area contributed by atoms with Crippen LogP contribution in [0.2, 0.25) is 5.15 Å². The van der Waals surface area contributed by atoms with Gasteiger partial charge in [-0.3, -0.25) is 0 Å². The van der Waals surface area contributed by atoms with Crippen molar-refractivity contribution in [2.75, 3.05) is 0 Å². The fraction of sp³-hybridized carbons (Fsp3) is 0.125. The average molecular weight is 263 g/mol. The number of rotatable bonds is 1. The molecule has 0 N–H and O–H groups in total. The van der Waals surface area contributed by atoms with Gasteiger partial charge in [0.15, 0.2) is 0 Å². The first-order valence-electron chi connectivity index (χ1n) is 3.39. The lowest BCUT2D eigenvalue weighted by Crippen LogP contribution is -1.81. The Labute approximate surface area is 87.5 Å². The Hall–Kier alpha value is -0.120. The highest BCUT2D eigenvalue weighted by atomic mass is 79.9. The van der Waals surface area contributed by atoms with Crippen molar-refractivity contribution in [2.45, 2.75) is 5.33 Å². The summed E-state index contributed by atoms with van der Waals surface area (Å²) >= 11 is 11.0. The molecule has 0 aliphatic rings. The Balaban J connectivity index is 2.82. The SMILES string of the molecule is Clc1ncc(CBr)c2sccc12. The lowest BCUT2D eigenvalue weighted by Gasteiger charge is -1.97. The summed E-state index contributed by atoms with van der Waals surface area (Å²) in [6.07, 6.45) is 1.82. The van der Waals surface area contributed by atoms with Crippen molar-refractivity contribution in [3.05, 3.63) is 28.4 Å². The minimum absolute atomic E-state index is 0.593. The van der Waals surface area contributed by atoms with Crippen LogP contribution in [0.25, 0.3) is 10.1 Å². The Bertz CT molecular complexity index is 412. The van der Waals surface area contributed by atoms with Crippen molar-refractivity contribution in [3.8, 4) is 0 Å². The Kier molecular flexibility index (Phi) is 2.35. The number of hydrogen-bond donors (Lipinski definition) is 0. The molecule has 4 heteroatoms. The van der Waals surface area contributed by atoms with Gasteiger partial charge >= 0.3 is 0 Å². The maximum Gasteiger partial charge on any atom is 0.137 e. The highest BCUT2D eigenvalue weighted by Gasteiger charge is 2.05. The van der Waals surface area contributed by atoms with Gasteiger partial charge in [-0.25, -0.2) is 4.98 Å². The topological polar surface area (TPSA) is 12.9 Å². The molecule has 12 heavy (non-hydrogen) atoms. The highest BCUT2D eigenvalue weighted by Crippen LogP contribution is 2.29. The predicted octanol–water partition coefficient (Wildman–Crippen LogP) is 3.84. The van der Waals surface area contributed by atoms with Gasteiger partial charge < -0.3 is 0 Å². The monoisotopic (exact) mass is 261 g/mol. The van der Waals surface area contributed by atoms with Crippen LogP contribution in [0.4, 0.5) is 0 Å². The Morgan fingerprint density at radius 2 is 2.42 bits per heavy atom. The van der Waals surface area contributed by atoms with Crippen LogP contribution in [0.5, 0.6) is 0 Å². The largest absolute Gasteiger partial charge is 0.244 e. The summed E-state index contributed by atoms with van der Waals surface area (Å²) in [4.78, 5) is 4.09. The van der Waals surface area contributed by atoms with Crippen LogP contribution in [0.15, 0.2) is 17.6 Å². The molecule has 0 saturated carbocycles. The summed E-state index contributed by atoms with van der Waals surface area (Å²) in [5, 5.41) is 4.51. The molecule has 0 radical (unpaired) electrons. The second-order valence-corrected chi connectivity index (χ2v) is 4.21. The molecule has 0 spiro atoms. The van der Waals surface area contributed by atoms with Gasteiger partial charge in [-0.15, -0.1) is 11.3 Å². The molecule has 1 nitrogen and oxygen atoms in total. The van der Waals surface area contributed by atoms with E-state index in [1.54, 1.807) is 11.3 Å². The van der Waals surface area contributed by atoms with Gasteiger partial charge in [0.05, 0.1) is 0 Å². The zero-order valence-electron chi connectivity index (χ0n) is 6.05. The van der Waals surface area contributed by atoms with E-state index in [-0.39, 0.29) is 0 Å². The third kappa shape index (κ3) is 1.26. The van der Waals surface area contributed by atoms with Gasteiger partial charge in [0, 0.05) is 21.6 Å². The summed E-state index contributed by atoms with van der Waals surface area (Å²) < 4.78 is 1.23. The standard InChI is InChI=1S/C8H5BrClNS/c9-3-5-4-11-8(10)6-1-2-12-7(5)6/h1-2,4H,3H2. The number of hydrogen-bond acceptors (Lipinski definition) is 2. The highest BCUT2D eigenvalue weighted by molar-refractivity contribution is 9.08. The van der Waals surface area contributed by atoms with E-state index in [0.717, 1.165) is 10.7 Å². The number of fused-ring (bicyclic) bond motifs is 1. The zero-order chi connectivity index (χ0) is 8.55. The molecular formula is C8H5BrClNS. The molecule has 2 aromatic heterocycles. The van der Waals surface area contributed by atoms with Crippen LogP contribution in [-0.4, -0.2) is 4.98 Å². The van der Waals surface area contributed by atoms with Gasteiger partial charge in [-0.05, 0) is 17.0 Å². The first-order chi connectivity index (χ1) is 5.83. The van der Waals surface area contributed by atoms with Crippen LogP contribution in [0, 0.1) is 0 Å². The molecule has 0 aliphatic carbocycles. The van der Waals surface area contributed by atoms with E-state index in [1.165, 1.54) is 10.3 Å². The average Bonchev–Trinajstić information content (AvgIpc) is 2.54. The first-order valence-corrected chi connectivity index (χ1v) is 5.77. The molecule has 62 valence electrons. The number of thiophene rings is 1. The molecule has 0 atom stereocenters. The lowest BCUT2D eigenvalue weighted by molar-refractivity contribution is 1.31. The molecule has 0 bridgehead atoms. The second kappa shape index (κ2) is 3.32. The summed E-state index contributed by atoms with van der Waals surface area (Å²) in [6.45, 7) is 0. The van der Waals surface area contributed by atoms with Crippen molar-refractivity contribution >= 4 is 49.0 Å². The number of nitrogens with zero attached hydrogens (tertiary/aromatic N) is 1. The summed E-state index contributed by atoms with van der Waals surface area (Å²) in [7, 11) is 0. The molecule has 2 rings (SSSR count). The lowest BCUT2D eigenvalue weighted by atomic mass is 10.2. The van der Waals surface area contributed by atoms with Crippen molar-refractivity contribution in [2.24, 2.45) is 0 Å². The number of alkyl halides is 1. The number of halogens is 2. The maximum absolute atomic E-state index is 5.91. The molecular weight excluding hydrogens is 258 g/mol. The van der Waals surface area contributed by atoms with Gasteiger partial charge in [0.2, 0.25) is 0 Å². The molecule has 0 aliphatic heterocycles. The van der Waals surface area contributed by atoms with Crippen molar-refractivity contribution in [1.29, 1.82) is 0 Å². The van der Waals surface area contributed by atoms with Crippen LogP contribution in [0.1, 0.15) is 5.56 Å². The minimum Gasteiger partial charge on any atom is -0.244 e. The van der Waals surface area contributed by atoms with E-state index < -0.39 is 0 Å².